The van der Waals surface area contributed by atoms with Crippen LogP contribution in [-0.2, 0) is 17.7 Å². The summed E-state index contributed by atoms with van der Waals surface area (Å²) in [6.45, 7) is 9.48. The summed E-state index contributed by atoms with van der Waals surface area (Å²) >= 11 is 0. The second kappa shape index (κ2) is 8.52. The molecule has 1 fully saturated rings. The van der Waals surface area contributed by atoms with Gasteiger partial charge in [-0.1, -0.05) is 38.1 Å². The predicted octanol–water partition coefficient (Wildman–Crippen LogP) is 2.70. The quantitative estimate of drug-likeness (QED) is 0.745. The zero-order valence-electron chi connectivity index (χ0n) is 13.8. The zero-order valence-corrected chi connectivity index (χ0v) is 13.8. The summed E-state index contributed by atoms with van der Waals surface area (Å²) in [6, 6.07) is 9.42. The highest BCUT2D eigenvalue weighted by Crippen LogP contribution is 2.17. The molecule has 2 rings (SSSR count). The van der Waals surface area contributed by atoms with Crippen molar-refractivity contribution in [2.45, 2.75) is 39.3 Å². The van der Waals surface area contributed by atoms with Gasteiger partial charge in [0.2, 0.25) is 0 Å². The van der Waals surface area contributed by atoms with E-state index >= 15 is 0 Å². The number of nitrogens with zero attached hydrogens (tertiary/aromatic N) is 1. The standard InChI is InChI=1S/C18H30N2O/c1-15(2)12-19-10-8-16-6-4-5-7-17(16)13-20(3)18-9-11-21-14-18/h4-7,15,18-19H,8-14H2,1-3H3. The normalized spacial score (nSPS) is 18.8. The molecule has 1 aliphatic heterocycles. The van der Waals surface area contributed by atoms with Crippen molar-refractivity contribution in [3.05, 3.63) is 35.4 Å². The highest BCUT2D eigenvalue weighted by molar-refractivity contribution is 5.27. The van der Waals surface area contributed by atoms with E-state index in [0.29, 0.717) is 12.0 Å². The van der Waals surface area contributed by atoms with E-state index in [9.17, 15) is 0 Å². The SMILES string of the molecule is CC(C)CNCCc1ccccc1CN(C)C1CCOC1. The van der Waals surface area contributed by atoms with Crippen LogP contribution in [0.2, 0.25) is 0 Å². The highest BCUT2D eigenvalue weighted by atomic mass is 16.5. The maximum Gasteiger partial charge on any atom is 0.0622 e. The molecule has 0 amide bonds. The summed E-state index contributed by atoms with van der Waals surface area (Å²) < 4.78 is 5.50. The van der Waals surface area contributed by atoms with Crippen LogP contribution in [0.15, 0.2) is 24.3 Å². The summed E-state index contributed by atoms with van der Waals surface area (Å²) in [5.41, 5.74) is 2.93. The molecule has 0 saturated carbocycles. The first kappa shape index (κ1) is 16.5. The van der Waals surface area contributed by atoms with Gasteiger partial charge in [-0.25, -0.2) is 0 Å². The summed E-state index contributed by atoms with van der Waals surface area (Å²) in [6.07, 6.45) is 2.27. The number of hydrogen-bond donors (Lipinski definition) is 1. The first-order valence-electron chi connectivity index (χ1n) is 8.22. The molecule has 0 aliphatic carbocycles. The minimum Gasteiger partial charge on any atom is -0.380 e. The summed E-state index contributed by atoms with van der Waals surface area (Å²) in [7, 11) is 2.22. The van der Waals surface area contributed by atoms with Crippen LogP contribution in [0.1, 0.15) is 31.4 Å². The second-order valence-electron chi connectivity index (χ2n) is 6.55. The molecule has 1 atom stereocenters. The molecule has 1 saturated heterocycles. The lowest BCUT2D eigenvalue weighted by atomic mass is 10.0. The molecule has 1 unspecified atom stereocenters. The molecule has 21 heavy (non-hydrogen) atoms. The van der Waals surface area contributed by atoms with Gasteiger partial charge < -0.3 is 10.1 Å². The fourth-order valence-corrected chi connectivity index (χ4v) is 2.84. The summed E-state index contributed by atoms with van der Waals surface area (Å²) in [5, 5.41) is 3.54. The molecule has 1 N–H and O–H groups in total. The Balaban J connectivity index is 1.86. The molecular weight excluding hydrogens is 260 g/mol. The van der Waals surface area contributed by atoms with Gasteiger partial charge in [-0.15, -0.1) is 0 Å². The Morgan fingerprint density at radius 3 is 2.71 bits per heavy atom. The van der Waals surface area contributed by atoms with Crippen molar-refractivity contribution >= 4 is 0 Å². The molecule has 0 aromatic heterocycles. The maximum absolute atomic E-state index is 5.50. The summed E-state index contributed by atoms with van der Waals surface area (Å²) in [4.78, 5) is 2.44. The Morgan fingerprint density at radius 2 is 2.05 bits per heavy atom. The Bertz CT molecular complexity index is 413. The number of likely N-dealkylation sites (N-methyl/N-ethyl adjacent to an activating group) is 1. The van der Waals surface area contributed by atoms with Crippen LogP contribution in [0.3, 0.4) is 0 Å². The molecule has 1 aliphatic rings. The fraction of sp³-hybridized carbons (Fsp3) is 0.667. The Labute approximate surface area is 129 Å². The molecule has 1 aromatic carbocycles. The number of ether oxygens (including phenoxy) is 1. The third kappa shape index (κ3) is 5.42. The smallest absolute Gasteiger partial charge is 0.0622 e. The van der Waals surface area contributed by atoms with E-state index in [-0.39, 0.29) is 0 Å². The van der Waals surface area contributed by atoms with Gasteiger partial charge in [0.05, 0.1) is 6.61 Å². The molecule has 3 heteroatoms. The molecule has 1 aromatic rings. The van der Waals surface area contributed by atoms with E-state index < -0.39 is 0 Å². The molecule has 0 radical (unpaired) electrons. The van der Waals surface area contributed by atoms with Crippen LogP contribution >= 0.6 is 0 Å². The molecule has 0 bridgehead atoms. The first-order valence-corrected chi connectivity index (χ1v) is 8.22. The zero-order chi connectivity index (χ0) is 15.1. The van der Waals surface area contributed by atoms with Gasteiger partial charge in [0, 0.05) is 19.2 Å². The lowest BCUT2D eigenvalue weighted by Gasteiger charge is -2.24. The number of nitrogens with one attached hydrogen (secondary N) is 1. The maximum atomic E-state index is 5.50. The highest BCUT2D eigenvalue weighted by Gasteiger charge is 2.20. The minimum absolute atomic E-state index is 0.581. The average molecular weight is 290 g/mol. The van der Waals surface area contributed by atoms with Crippen LogP contribution < -0.4 is 5.32 Å². The number of hydrogen-bond acceptors (Lipinski definition) is 3. The van der Waals surface area contributed by atoms with Crippen molar-refractivity contribution in [2.24, 2.45) is 5.92 Å². The van der Waals surface area contributed by atoms with Crippen molar-refractivity contribution in [1.29, 1.82) is 0 Å². The monoisotopic (exact) mass is 290 g/mol. The van der Waals surface area contributed by atoms with Gasteiger partial charge in [-0.3, -0.25) is 4.90 Å². The van der Waals surface area contributed by atoms with E-state index in [4.69, 9.17) is 4.74 Å². The van der Waals surface area contributed by atoms with Crippen molar-refractivity contribution in [2.75, 3.05) is 33.4 Å². The summed E-state index contributed by atoms with van der Waals surface area (Å²) in [5.74, 6) is 0.716. The Hall–Kier alpha value is -0.900. The average Bonchev–Trinajstić information content (AvgIpc) is 2.99. The lowest BCUT2D eigenvalue weighted by molar-refractivity contribution is 0.156. The molecule has 1 heterocycles. The predicted molar refractivity (Wildman–Crippen MR) is 88.5 cm³/mol. The molecular formula is C18H30N2O. The van der Waals surface area contributed by atoms with E-state index in [1.165, 1.54) is 11.1 Å². The number of rotatable bonds is 8. The van der Waals surface area contributed by atoms with E-state index in [1.807, 2.05) is 0 Å². The lowest BCUT2D eigenvalue weighted by Crippen LogP contribution is -2.31. The van der Waals surface area contributed by atoms with Crippen molar-refractivity contribution in [1.82, 2.24) is 10.2 Å². The minimum atomic E-state index is 0.581. The van der Waals surface area contributed by atoms with Gasteiger partial charge in [0.1, 0.15) is 0 Å². The van der Waals surface area contributed by atoms with Gasteiger partial charge in [-0.2, -0.15) is 0 Å². The van der Waals surface area contributed by atoms with Gasteiger partial charge in [-0.05, 0) is 50.0 Å². The Kier molecular flexibility index (Phi) is 6.68. The fourth-order valence-electron chi connectivity index (χ4n) is 2.84. The van der Waals surface area contributed by atoms with Gasteiger partial charge >= 0.3 is 0 Å². The topological polar surface area (TPSA) is 24.5 Å². The Morgan fingerprint density at radius 1 is 1.29 bits per heavy atom. The van der Waals surface area contributed by atoms with Crippen LogP contribution in [0, 0.1) is 5.92 Å². The molecule has 3 nitrogen and oxygen atoms in total. The largest absolute Gasteiger partial charge is 0.380 e. The van der Waals surface area contributed by atoms with Crippen LogP contribution in [0.5, 0.6) is 0 Å². The van der Waals surface area contributed by atoms with Crippen LogP contribution in [0.25, 0.3) is 0 Å². The third-order valence-corrected chi connectivity index (χ3v) is 4.19. The van der Waals surface area contributed by atoms with Crippen LogP contribution in [0.4, 0.5) is 0 Å². The van der Waals surface area contributed by atoms with Gasteiger partial charge in [0.25, 0.3) is 0 Å². The van der Waals surface area contributed by atoms with Crippen molar-refractivity contribution in [3.8, 4) is 0 Å². The molecule has 118 valence electrons. The van der Waals surface area contributed by atoms with E-state index in [0.717, 1.165) is 45.7 Å². The van der Waals surface area contributed by atoms with Crippen molar-refractivity contribution < 1.29 is 4.74 Å². The van der Waals surface area contributed by atoms with E-state index in [2.05, 4.69) is 55.4 Å². The number of benzene rings is 1. The van der Waals surface area contributed by atoms with Crippen LogP contribution in [-0.4, -0.2) is 44.3 Å². The second-order valence-corrected chi connectivity index (χ2v) is 6.55. The first-order chi connectivity index (χ1) is 10.2. The third-order valence-electron chi connectivity index (χ3n) is 4.19. The molecule has 0 spiro atoms. The van der Waals surface area contributed by atoms with Gasteiger partial charge in [0.15, 0.2) is 0 Å². The van der Waals surface area contributed by atoms with E-state index in [1.54, 1.807) is 0 Å². The van der Waals surface area contributed by atoms with Crippen molar-refractivity contribution in [3.63, 3.8) is 0 Å².